The predicted molar refractivity (Wildman–Crippen MR) is 60.0 cm³/mol. The number of aromatic nitrogens is 1. The van der Waals surface area contributed by atoms with Gasteiger partial charge in [-0.05, 0) is 31.4 Å². The Labute approximate surface area is 95.3 Å². The number of pyridine rings is 1. The molecule has 1 unspecified atom stereocenters. The molecule has 1 aliphatic rings. The van der Waals surface area contributed by atoms with E-state index in [0.717, 1.165) is 19.3 Å². The molecule has 1 saturated heterocycles. The van der Waals surface area contributed by atoms with Crippen LogP contribution < -0.4 is 5.73 Å². The average Bonchev–Trinajstić information content (AvgIpc) is 2.30. The van der Waals surface area contributed by atoms with Crippen LogP contribution in [0.2, 0.25) is 0 Å². The summed E-state index contributed by atoms with van der Waals surface area (Å²) in [6, 6.07) is 3.16. The fraction of sp³-hybridized carbons (Fsp3) is 0.500. The molecule has 1 aliphatic heterocycles. The van der Waals surface area contributed by atoms with Gasteiger partial charge in [0.15, 0.2) is 0 Å². The van der Waals surface area contributed by atoms with Crippen molar-refractivity contribution in [2.45, 2.75) is 30.3 Å². The van der Waals surface area contributed by atoms with Crippen LogP contribution in [0.3, 0.4) is 0 Å². The van der Waals surface area contributed by atoms with Crippen LogP contribution in [-0.2, 0) is 10.0 Å². The van der Waals surface area contributed by atoms with Gasteiger partial charge in [-0.25, -0.2) is 8.42 Å². The van der Waals surface area contributed by atoms with Crippen molar-refractivity contribution in [2.75, 3.05) is 6.54 Å². The van der Waals surface area contributed by atoms with Gasteiger partial charge < -0.3 is 5.73 Å². The largest absolute Gasteiger partial charge is 0.315 e. The molecule has 5 nitrogen and oxygen atoms in total. The zero-order chi connectivity index (χ0) is 11.6. The standard InChI is InChI=1S/C10H15N3O2S/c11-10-5-1-2-7-13(10)16(14,15)9-4-3-6-12-8-9/h3-4,6,8,10H,1-2,5,7,11H2. The highest BCUT2D eigenvalue weighted by Gasteiger charge is 2.31. The number of sulfonamides is 1. The molecular weight excluding hydrogens is 226 g/mol. The van der Waals surface area contributed by atoms with Crippen LogP contribution >= 0.6 is 0 Å². The zero-order valence-electron chi connectivity index (χ0n) is 8.91. The molecule has 16 heavy (non-hydrogen) atoms. The highest BCUT2D eigenvalue weighted by molar-refractivity contribution is 7.89. The van der Waals surface area contributed by atoms with Crippen molar-refractivity contribution in [3.63, 3.8) is 0 Å². The molecule has 2 rings (SSSR count). The fourth-order valence-electron chi connectivity index (χ4n) is 1.86. The SMILES string of the molecule is NC1CCCCN1S(=O)(=O)c1cccnc1. The Balaban J connectivity index is 2.32. The van der Waals surface area contributed by atoms with Crippen LogP contribution in [0.25, 0.3) is 0 Å². The van der Waals surface area contributed by atoms with E-state index in [9.17, 15) is 8.42 Å². The van der Waals surface area contributed by atoms with Crippen LogP contribution in [0.5, 0.6) is 0 Å². The van der Waals surface area contributed by atoms with Crippen LogP contribution in [0.1, 0.15) is 19.3 Å². The normalized spacial score (nSPS) is 23.2. The lowest BCUT2D eigenvalue weighted by molar-refractivity contribution is 0.258. The maximum Gasteiger partial charge on any atom is 0.245 e. The van der Waals surface area contributed by atoms with Crippen molar-refractivity contribution in [1.82, 2.24) is 9.29 Å². The van der Waals surface area contributed by atoms with Crippen LogP contribution in [0, 0.1) is 0 Å². The van der Waals surface area contributed by atoms with Crippen LogP contribution in [-0.4, -0.2) is 30.4 Å². The molecule has 88 valence electrons. The average molecular weight is 241 g/mol. The van der Waals surface area contributed by atoms with Crippen molar-refractivity contribution < 1.29 is 8.42 Å². The first-order chi connectivity index (χ1) is 7.62. The third kappa shape index (κ3) is 2.09. The van der Waals surface area contributed by atoms with E-state index in [0.29, 0.717) is 6.54 Å². The summed E-state index contributed by atoms with van der Waals surface area (Å²) in [6.07, 6.45) is 5.08. The molecule has 0 saturated carbocycles. The van der Waals surface area contributed by atoms with E-state index in [1.54, 1.807) is 18.3 Å². The lowest BCUT2D eigenvalue weighted by Crippen LogP contribution is -2.48. The van der Waals surface area contributed by atoms with Crippen molar-refractivity contribution in [1.29, 1.82) is 0 Å². The number of nitrogens with zero attached hydrogens (tertiary/aromatic N) is 2. The third-order valence-corrected chi connectivity index (χ3v) is 4.65. The highest BCUT2D eigenvalue weighted by Crippen LogP contribution is 2.22. The minimum Gasteiger partial charge on any atom is -0.315 e. The first-order valence-electron chi connectivity index (χ1n) is 5.30. The second-order valence-electron chi connectivity index (χ2n) is 3.87. The molecule has 0 radical (unpaired) electrons. The number of piperidine rings is 1. The Morgan fingerprint density at radius 3 is 2.88 bits per heavy atom. The number of rotatable bonds is 2. The van der Waals surface area contributed by atoms with Gasteiger partial charge in [-0.15, -0.1) is 0 Å². The summed E-state index contributed by atoms with van der Waals surface area (Å²) >= 11 is 0. The van der Waals surface area contributed by atoms with Gasteiger partial charge in [-0.1, -0.05) is 0 Å². The van der Waals surface area contributed by atoms with E-state index in [2.05, 4.69) is 4.98 Å². The first kappa shape index (κ1) is 11.5. The van der Waals surface area contributed by atoms with Crippen molar-refractivity contribution in [3.05, 3.63) is 24.5 Å². The Bertz CT molecular complexity index is 446. The van der Waals surface area contributed by atoms with E-state index >= 15 is 0 Å². The van der Waals surface area contributed by atoms with E-state index in [1.165, 1.54) is 10.5 Å². The van der Waals surface area contributed by atoms with Gasteiger partial charge in [0.25, 0.3) is 0 Å². The van der Waals surface area contributed by atoms with Crippen molar-refractivity contribution >= 4 is 10.0 Å². The van der Waals surface area contributed by atoms with Crippen molar-refractivity contribution in [3.8, 4) is 0 Å². The van der Waals surface area contributed by atoms with Crippen LogP contribution in [0.15, 0.2) is 29.4 Å². The molecule has 1 atom stereocenters. The first-order valence-corrected chi connectivity index (χ1v) is 6.74. The summed E-state index contributed by atoms with van der Waals surface area (Å²) in [5, 5.41) is 0. The summed E-state index contributed by atoms with van der Waals surface area (Å²) in [4.78, 5) is 4.04. The summed E-state index contributed by atoms with van der Waals surface area (Å²) in [5.41, 5.74) is 5.83. The maximum atomic E-state index is 12.2. The maximum absolute atomic E-state index is 12.2. The van der Waals surface area contributed by atoms with Gasteiger partial charge in [0.05, 0.1) is 6.17 Å². The summed E-state index contributed by atoms with van der Waals surface area (Å²) in [7, 11) is -3.47. The number of hydrogen-bond donors (Lipinski definition) is 1. The lowest BCUT2D eigenvalue weighted by atomic mass is 10.1. The molecule has 0 spiro atoms. The molecule has 2 N–H and O–H groups in total. The lowest BCUT2D eigenvalue weighted by Gasteiger charge is -2.31. The predicted octanol–water partition coefficient (Wildman–Crippen LogP) is 0.541. The highest BCUT2D eigenvalue weighted by atomic mass is 32.2. The summed E-state index contributed by atoms with van der Waals surface area (Å²) in [5.74, 6) is 0. The Kier molecular flexibility index (Phi) is 3.22. The summed E-state index contributed by atoms with van der Waals surface area (Å²) in [6.45, 7) is 0.498. The van der Waals surface area contributed by atoms with E-state index in [-0.39, 0.29) is 4.90 Å². The second-order valence-corrected chi connectivity index (χ2v) is 5.76. The molecule has 0 amide bonds. The van der Waals surface area contributed by atoms with E-state index in [4.69, 9.17) is 5.73 Å². The Morgan fingerprint density at radius 1 is 1.44 bits per heavy atom. The second kappa shape index (κ2) is 4.48. The van der Waals surface area contributed by atoms with E-state index < -0.39 is 16.2 Å². The van der Waals surface area contributed by atoms with E-state index in [1.807, 2.05) is 0 Å². The molecule has 0 aromatic carbocycles. The molecule has 0 bridgehead atoms. The van der Waals surface area contributed by atoms with Gasteiger partial charge in [0.1, 0.15) is 4.90 Å². The van der Waals surface area contributed by atoms with Gasteiger partial charge in [-0.3, -0.25) is 4.98 Å². The Morgan fingerprint density at radius 2 is 2.25 bits per heavy atom. The fourth-order valence-corrected chi connectivity index (χ4v) is 3.41. The van der Waals surface area contributed by atoms with Crippen molar-refractivity contribution in [2.24, 2.45) is 5.73 Å². The summed E-state index contributed by atoms with van der Waals surface area (Å²) < 4.78 is 25.8. The molecule has 2 heterocycles. The van der Waals surface area contributed by atoms with Gasteiger partial charge >= 0.3 is 0 Å². The molecular formula is C10H15N3O2S. The van der Waals surface area contributed by atoms with Crippen LogP contribution in [0.4, 0.5) is 0 Å². The Hall–Kier alpha value is -0.980. The molecule has 1 fully saturated rings. The third-order valence-electron chi connectivity index (χ3n) is 2.74. The number of hydrogen-bond acceptors (Lipinski definition) is 4. The van der Waals surface area contributed by atoms with Gasteiger partial charge in [0, 0.05) is 18.9 Å². The quantitative estimate of drug-likeness (QED) is 0.820. The minimum absolute atomic E-state index is 0.215. The van der Waals surface area contributed by atoms with Gasteiger partial charge in [-0.2, -0.15) is 4.31 Å². The molecule has 0 aliphatic carbocycles. The molecule has 1 aromatic rings. The number of nitrogens with two attached hydrogens (primary N) is 1. The van der Waals surface area contributed by atoms with Gasteiger partial charge in [0.2, 0.25) is 10.0 Å². The smallest absolute Gasteiger partial charge is 0.245 e. The molecule has 6 heteroatoms. The topological polar surface area (TPSA) is 76.3 Å². The minimum atomic E-state index is -3.47. The monoisotopic (exact) mass is 241 g/mol. The molecule has 1 aromatic heterocycles. The zero-order valence-corrected chi connectivity index (χ0v) is 9.73.